The van der Waals surface area contributed by atoms with Crippen molar-refractivity contribution in [2.24, 2.45) is 0 Å². The van der Waals surface area contributed by atoms with Crippen LogP contribution in [0.25, 0.3) is 0 Å². The second kappa shape index (κ2) is 6.72. The average Bonchev–Trinajstić information content (AvgIpc) is 2.48. The first kappa shape index (κ1) is 15.5. The third-order valence-corrected chi connectivity index (χ3v) is 3.69. The third kappa shape index (κ3) is 3.42. The second-order valence-electron chi connectivity index (χ2n) is 5.23. The molecule has 0 aliphatic carbocycles. The van der Waals surface area contributed by atoms with Crippen LogP contribution in [-0.4, -0.2) is 13.7 Å². The summed E-state index contributed by atoms with van der Waals surface area (Å²) in [6.07, 6.45) is 0. The number of methoxy groups -OCH3 is 1. The second-order valence-corrected chi connectivity index (χ2v) is 5.23. The molecular formula is C18H22FNO. The Balaban J connectivity index is 2.42. The Hall–Kier alpha value is -1.87. The van der Waals surface area contributed by atoms with Crippen LogP contribution in [0.2, 0.25) is 0 Å². The highest BCUT2D eigenvalue weighted by atomic mass is 19.1. The summed E-state index contributed by atoms with van der Waals surface area (Å²) >= 11 is 0. The molecule has 2 aromatic carbocycles. The minimum Gasteiger partial charge on any atom is -0.496 e. The molecule has 1 atom stereocenters. The molecule has 0 amide bonds. The van der Waals surface area contributed by atoms with Crippen LogP contribution in [-0.2, 0) is 0 Å². The van der Waals surface area contributed by atoms with Crippen LogP contribution in [0.3, 0.4) is 0 Å². The number of nitrogens with one attached hydrogen (secondary N) is 1. The molecule has 0 radical (unpaired) electrons. The number of hydrogen-bond donors (Lipinski definition) is 1. The fourth-order valence-corrected chi connectivity index (χ4v) is 2.50. The molecule has 0 aromatic heterocycles. The van der Waals surface area contributed by atoms with E-state index in [1.165, 1.54) is 0 Å². The lowest BCUT2D eigenvalue weighted by Crippen LogP contribution is -2.22. The van der Waals surface area contributed by atoms with Crippen molar-refractivity contribution in [2.75, 3.05) is 13.7 Å². The molecule has 0 heterocycles. The first-order valence-electron chi connectivity index (χ1n) is 7.20. The number of hydrogen-bond acceptors (Lipinski definition) is 2. The van der Waals surface area contributed by atoms with Crippen molar-refractivity contribution >= 4 is 0 Å². The van der Waals surface area contributed by atoms with Crippen LogP contribution in [0.15, 0.2) is 36.4 Å². The van der Waals surface area contributed by atoms with E-state index in [1.54, 1.807) is 20.1 Å². The minimum atomic E-state index is -0.166. The summed E-state index contributed by atoms with van der Waals surface area (Å²) in [5.41, 5.74) is 3.79. The molecule has 1 N–H and O–H groups in total. The summed E-state index contributed by atoms with van der Waals surface area (Å²) in [6.45, 7) is 6.65. The van der Waals surface area contributed by atoms with E-state index >= 15 is 0 Å². The lowest BCUT2D eigenvalue weighted by Gasteiger charge is -2.20. The summed E-state index contributed by atoms with van der Waals surface area (Å²) in [7, 11) is 1.67. The predicted octanol–water partition coefficient (Wildman–Crippen LogP) is 4.15. The molecule has 0 fully saturated rings. The quantitative estimate of drug-likeness (QED) is 0.892. The van der Waals surface area contributed by atoms with Crippen LogP contribution < -0.4 is 10.1 Å². The molecule has 0 spiro atoms. The van der Waals surface area contributed by atoms with Gasteiger partial charge in [-0.2, -0.15) is 0 Å². The van der Waals surface area contributed by atoms with Gasteiger partial charge in [0.2, 0.25) is 0 Å². The van der Waals surface area contributed by atoms with Gasteiger partial charge in [-0.25, -0.2) is 4.39 Å². The van der Waals surface area contributed by atoms with Crippen molar-refractivity contribution in [3.63, 3.8) is 0 Å². The van der Waals surface area contributed by atoms with Crippen LogP contribution >= 0.6 is 0 Å². The lowest BCUT2D eigenvalue weighted by atomic mass is 9.96. The number of ether oxygens (including phenoxy) is 1. The highest BCUT2D eigenvalue weighted by Crippen LogP contribution is 2.27. The molecule has 112 valence electrons. The van der Waals surface area contributed by atoms with Crippen molar-refractivity contribution in [1.82, 2.24) is 5.32 Å². The van der Waals surface area contributed by atoms with Gasteiger partial charge in [-0.3, -0.25) is 0 Å². The summed E-state index contributed by atoms with van der Waals surface area (Å²) < 4.78 is 19.1. The average molecular weight is 287 g/mol. The van der Waals surface area contributed by atoms with Crippen molar-refractivity contribution in [2.45, 2.75) is 26.8 Å². The van der Waals surface area contributed by atoms with Gasteiger partial charge >= 0.3 is 0 Å². The maximum absolute atomic E-state index is 13.8. The summed E-state index contributed by atoms with van der Waals surface area (Å²) in [6, 6.07) is 11.5. The zero-order chi connectivity index (χ0) is 15.4. The Bertz CT molecular complexity index is 625. The van der Waals surface area contributed by atoms with Crippen molar-refractivity contribution in [3.8, 4) is 5.75 Å². The fraction of sp³-hybridized carbons (Fsp3) is 0.333. The number of benzene rings is 2. The van der Waals surface area contributed by atoms with E-state index < -0.39 is 0 Å². The highest BCUT2D eigenvalue weighted by Gasteiger charge is 2.15. The Morgan fingerprint density at radius 2 is 1.71 bits per heavy atom. The Morgan fingerprint density at radius 1 is 1.05 bits per heavy atom. The smallest absolute Gasteiger partial charge is 0.126 e. The van der Waals surface area contributed by atoms with Crippen molar-refractivity contribution < 1.29 is 9.13 Å². The molecule has 2 rings (SSSR count). The lowest BCUT2D eigenvalue weighted by molar-refractivity contribution is 0.411. The molecule has 0 aliphatic heterocycles. The van der Waals surface area contributed by atoms with E-state index in [4.69, 9.17) is 4.74 Å². The maximum atomic E-state index is 13.8. The zero-order valence-corrected chi connectivity index (χ0v) is 13.0. The molecule has 0 saturated carbocycles. The Kier molecular flexibility index (Phi) is 4.97. The van der Waals surface area contributed by atoms with Crippen LogP contribution in [0.5, 0.6) is 5.75 Å². The third-order valence-electron chi connectivity index (χ3n) is 3.69. The van der Waals surface area contributed by atoms with E-state index in [2.05, 4.69) is 11.4 Å². The first-order chi connectivity index (χ1) is 10.1. The van der Waals surface area contributed by atoms with E-state index in [-0.39, 0.29) is 11.9 Å². The summed E-state index contributed by atoms with van der Waals surface area (Å²) in [4.78, 5) is 0. The standard InChI is InChI=1S/C18H22FNO/c1-5-20-18(15-7-6-12(2)16(19)11-15)14-8-9-17(21-4)13(3)10-14/h6-11,18,20H,5H2,1-4H3. The molecule has 0 bridgehead atoms. The summed E-state index contributed by atoms with van der Waals surface area (Å²) in [5, 5.41) is 3.42. The SMILES string of the molecule is CCNC(c1ccc(OC)c(C)c1)c1ccc(C)c(F)c1. The molecule has 0 aliphatic rings. The van der Waals surface area contributed by atoms with Gasteiger partial charge in [0.15, 0.2) is 0 Å². The van der Waals surface area contributed by atoms with E-state index in [9.17, 15) is 4.39 Å². The van der Waals surface area contributed by atoms with Crippen LogP contribution in [0.4, 0.5) is 4.39 Å². The molecular weight excluding hydrogens is 265 g/mol. The largest absolute Gasteiger partial charge is 0.496 e. The van der Waals surface area contributed by atoms with E-state index in [0.717, 1.165) is 29.0 Å². The number of aryl methyl sites for hydroxylation is 2. The molecule has 2 nitrogen and oxygen atoms in total. The fourth-order valence-electron chi connectivity index (χ4n) is 2.50. The van der Waals surface area contributed by atoms with E-state index in [1.807, 2.05) is 38.1 Å². The van der Waals surface area contributed by atoms with Gasteiger partial charge in [-0.1, -0.05) is 31.2 Å². The van der Waals surface area contributed by atoms with Crippen LogP contribution in [0, 0.1) is 19.7 Å². The van der Waals surface area contributed by atoms with Gasteiger partial charge in [0, 0.05) is 0 Å². The van der Waals surface area contributed by atoms with Gasteiger partial charge in [-0.15, -0.1) is 0 Å². The Morgan fingerprint density at radius 3 is 2.29 bits per heavy atom. The number of halogens is 1. The number of rotatable bonds is 5. The van der Waals surface area contributed by atoms with Crippen LogP contribution in [0.1, 0.15) is 35.2 Å². The predicted molar refractivity (Wildman–Crippen MR) is 84.4 cm³/mol. The van der Waals surface area contributed by atoms with Crippen molar-refractivity contribution in [3.05, 3.63) is 64.5 Å². The minimum absolute atomic E-state index is 0.0188. The maximum Gasteiger partial charge on any atom is 0.126 e. The first-order valence-corrected chi connectivity index (χ1v) is 7.20. The molecule has 1 unspecified atom stereocenters. The summed E-state index contributed by atoms with van der Waals surface area (Å²) in [5.74, 6) is 0.699. The van der Waals surface area contributed by atoms with Gasteiger partial charge in [0.25, 0.3) is 0 Å². The van der Waals surface area contributed by atoms with Gasteiger partial charge < -0.3 is 10.1 Å². The zero-order valence-electron chi connectivity index (χ0n) is 13.0. The molecule has 2 aromatic rings. The molecule has 0 saturated heterocycles. The van der Waals surface area contributed by atoms with E-state index in [0.29, 0.717) is 5.56 Å². The van der Waals surface area contributed by atoms with Gasteiger partial charge in [-0.05, 0) is 54.8 Å². The molecule has 21 heavy (non-hydrogen) atoms. The molecule has 3 heteroatoms. The monoisotopic (exact) mass is 287 g/mol. The Labute approximate surface area is 126 Å². The van der Waals surface area contributed by atoms with Gasteiger partial charge in [0.05, 0.1) is 13.2 Å². The topological polar surface area (TPSA) is 21.3 Å². The van der Waals surface area contributed by atoms with Gasteiger partial charge in [0.1, 0.15) is 11.6 Å². The normalized spacial score (nSPS) is 12.2. The highest BCUT2D eigenvalue weighted by molar-refractivity contribution is 5.41. The van der Waals surface area contributed by atoms with Crippen molar-refractivity contribution in [1.29, 1.82) is 0 Å².